The second-order valence-corrected chi connectivity index (χ2v) is 4.65. The Bertz CT molecular complexity index is 334. The number of rotatable bonds is 5. The molecule has 1 aromatic rings. The van der Waals surface area contributed by atoms with Crippen molar-refractivity contribution >= 4 is 0 Å². The Kier molecular flexibility index (Phi) is 4.81. The van der Waals surface area contributed by atoms with Gasteiger partial charge in [0.15, 0.2) is 0 Å². The first-order valence-corrected chi connectivity index (χ1v) is 6.07. The van der Waals surface area contributed by atoms with Crippen molar-refractivity contribution < 1.29 is 5.11 Å². The quantitative estimate of drug-likeness (QED) is 0.824. The summed E-state index contributed by atoms with van der Waals surface area (Å²) in [4.78, 5) is 2.38. The van der Waals surface area contributed by atoms with Crippen molar-refractivity contribution in [3.63, 3.8) is 0 Å². The highest BCUT2D eigenvalue weighted by atomic mass is 16.3. The molecule has 0 radical (unpaired) electrons. The summed E-state index contributed by atoms with van der Waals surface area (Å²) in [5.41, 5.74) is 1.99. The molecular formula is C14H23NO. The average Bonchev–Trinajstić information content (AvgIpc) is 2.23. The highest BCUT2D eigenvalue weighted by Crippen LogP contribution is 2.23. The Morgan fingerprint density at radius 1 is 1.31 bits per heavy atom. The first-order chi connectivity index (χ1) is 7.56. The summed E-state index contributed by atoms with van der Waals surface area (Å²) in [6.07, 6.45) is 1.14. The summed E-state index contributed by atoms with van der Waals surface area (Å²) < 4.78 is 0. The first kappa shape index (κ1) is 13.0. The molecule has 0 aliphatic rings. The molecule has 0 bridgehead atoms. The van der Waals surface area contributed by atoms with Crippen LogP contribution in [0.15, 0.2) is 18.2 Å². The molecule has 1 N–H and O–H groups in total. The lowest BCUT2D eigenvalue weighted by Gasteiger charge is -2.26. The van der Waals surface area contributed by atoms with E-state index < -0.39 is 0 Å². The van der Waals surface area contributed by atoms with Gasteiger partial charge in [-0.05, 0) is 39.3 Å². The van der Waals surface area contributed by atoms with E-state index in [1.807, 2.05) is 25.1 Å². The van der Waals surface area contributed by atoms with E-state index in [1.54, 1.807) is 0 Å². The molecule has 0 amide bonds. The Morgan fingerprint density at radius 3 is 2.56 bits per heavy atom. The van der Waals surface area contributed by atoms with Gasteiger partial charge in [0, 0.05) is 18.2 Å². The molecule has 0 heterocycles. The molecule has 90 valence electrons. The molecule has 0 spiro atoms. The lowest BCUT2D eigenvalue weighted by atomic mass is 10.1. The molecular weight excluding hydrogens is 198 g/mol. The van der Waals surface area contributed by atoms with Crippen molar-refractivity contribution in [2.24, 2.45) is 0 Å². The molecule has 0 saturated carbocycles. The number of benzene rings is 1. The van der Waals surface area contributed by atoms with Crippen LogP contribution in [-0.4, -0.2) is 22.6 Å². The molecule has 0 unspecified atom stereocenters. The zero-order chi connectivity index (χ0) is 12.1. The van der Waals surface area contributed by atoms with Gasteiger partial charge in [0.25, 0.3) is 0 Å². The van der Waals surface area contributed by atoms with Crippen LogP contribution < -0.4 is 0 Å². The van der Waals surface area contributed by atoms with Gasteiger partial charge in [-0.1, -0.05) is 25.1 Å². The molecule has 0 saturated heterocycles. The van der Waals surface area contributed by atoms with Crippen molar-refractivity contribution in [3.8, 4) is 5.75 Å². The number of aromatic hydroxyl groups is 1. The van der Waals surface area contributed by atoms with Crippen molar-refractivity contribution in [1.82, 2.24) is 4.90 Å². The van der Waals surface area contributed by atoms with Gasteiger partial charge in [0.1, 0.15) is 5.75 Å². The topological polar surface area (TPSA) is 23.5 Å². The van der Waals surface area contributed by atoms with Gasteiger partial charge < -0.3 is 5.11 Å². The van der Waals surface area contributed by atoms with Crippen LogP contribution in [0, 0.1) is 6.92 Å². The lowest BCUT2D eigenvalue weighted by Crippen LogP contribution is -2.31. The highest BCUT2D eigenvalue weighted by Gasteiger charge is 2.12. The third kappa shape index (κ3) is 3.24. The largest absolute Gasteiger partial charge is 0.507 e. The van der Waals surface area contributed by atoms with Crippen molar-refractivity contribution in [2.75, 3.05) is 6.54 Å². The zero-order valence-corrected chi connectivity index (χ0v) is 10.8. The van der Waals surface area contributed by atoms with Crippen LogP contribution in [0.5, 0.6) is 5.75 Å². The van der Waals surface area contributed by atoms with Gasteiger partial charge >= 0.3 is 0 Å². The van der Waals surface area contributed by atoms with Crippen LogP contribution in [0.1, 0.15) is 38.3 Å². The van der Waals surface area contributed by atoms with E-state index in [1.165, 1.54) is 0 Å². The summed E-state index contributed by atoms with van der Waals surface area (Å²) in [5.74, 6) is 0.448. The van der Waals surface area contributed by atoms with Gasteiger partial charge in [0.05, 0.1) is 0 Å². The summed E-state index contributed by atoms with van der Waals surface area (Å²) in [5, 5.41) is 9.97. The number of phenolic OH excluding ortho intramolecular Hbond substituents is 1. The highest BCUT2D eigenvalue weighted by molar-refractivity contribution is 5.39. The number of phenols is 1. The monoisotopic (exact) mass is 221 g/mol. The molecule has 0 atom stereocenters. The lowest BCUT2D eigenvalue weighted by molar-refractivity contribution is 0.211. The van der Waals surface area contributed by atoms with Crippen LogP contribution in [0.3, 0.4) is 0 Å². The van der Waals surface area contributed by atoms with Gasteiger partial charge in [-0.3, -0.25) is 4.90 Å². The van der Waals surface area contributed by atoms with E-state index in [2.05, 4.69) is 25.7 Å². The minimum atomic E-state index is 0.448. The average molecular weight is 221 g/mol. The van der Waals surface area contributed by atoms with E-state index in [4.69, 9.17) is 0 Å². The second-order valence-electron chi connectivity index (χ2n) is 4.65. The molecule has 0 fully saturated rings. The Labute approximate surface area is 98.9 Å². The van der Waals surface area contributed by atoms with Crippen LogP contribution in [-0.2, 0) is 6.54 Å². The fourth-order valence-electron chi connectivity index (χ4n) is 1.87. The normalized spacial score (nSPS) is 11.4. The van der Waals surface area contributed by atoms with E-state index in [9.17, 15) is 5.11 Å². The third-order valence-corrected chi connectivity index (χ3v) is 2.94. The fourth-order valence-corrected chi connectivity index (χ4v) is 1.87. The molecule has 1 rings (SSSR count). The summed E-state index contributed by atoms with van der Waals surface area (Å²) in [6, 6.07) is 6.47. The molecule has 16 heavy (non-hydrogen) atoms. The molecule has 1 aromatic carbocycles. The van der Waals surface area contributed by atoms with Crippen LogP contribution in [0.2, 0.25) is 0 Å². The first-order valence-electron chi connectivity index (χ1n) is 6.07. The van der Waals surface area contributed by atoms with Crippen molar-refractivity contribution in [2.45, 2.75) is 46.7 Å². The maximum absolute atomic E-state index is 9.97. The van der Waals surface area contributed by atoms with Gasteiger partial charge in [-0.15, -0.1) is 0 Å². The van der Waals surface area contributed by atoms with E-state index in [0.29, 0.717) is 11.8 Å². The van der Waals surface area contributed by atoms with Crippen LogP contribution in [0.25, 0.3) is 0 Å². The molecule has 0 aliphatic heterocycles. The minimum absolute atomic E-state index is 0.448. The van der Waals surface area contributed by atoms with Gasteiger partial charge in [-0.2, -0.15) is 0 Å². The number of nitrogens with zero attached hydrogens (tertiary/aromatic N) is 1. The summed E-state index contributed by atoms with van der Waals surface area (Å²) >= 11 is 0. The summed E-state index contributed by atoms with van der Waals surface area (Å²) in [7, 11) is 0. The van der Waals surface area contributed by atoms with E-state index in [-0.39, 0.29) is 0 Å². The SMILES string of the molecule is CCCN(Cc1cccc(C)c1O)C(C)C. The zero-order valence-electron chi connectivity index (χ0n) is 10.8. The Balaban J connectivity index is 2.81. The van der Waals surface area contributed by atoms with Gasteiger partial charge in [-0.25, -0.2) is 0 Å². The number of aryl methyl sites for hydroxylation is 1. The maximum Gasteiger partial charge on any atom is 0.122 e. The third-order valence-electron chi connectivity index (χ3n) is 2.94. The van der Waals surface area contributed by atoms with Crippen molar-refractivity contribution in [1.29, 1.82) is 0 Å². The standard InChI is InChI=1S/C14H23NO/c1-5-9-15(11(2)3)10-13-8-6-7-12(4)14(13)16/h6-8,11,16H,5,9-10H2,1-4H3. The smallest absolute Gasteiger partial charge is 0.122 e. The van der Waals surface area contributed by atoms with Gasteiger partial charge in [0.2, 0.25) is 0 Å². The Hall–Kier alpha value is -1.02. The number of hydrogen-bond acceptors (Lipinski definition) is 2. The van der Waals surface area contributed by atoms with E-state index in [0.717, 1.165) is 30.6 Å². The summed E-state index contributed by atoms with van der Waals surface area (Å²) in [6.45, 7) is 10.4. The Morgan fingerprint density at radius 2 is 2.00 bits per heavy atom. The predicted octanol–water partition coefficient (Wildman–Crippen LogP) is 3.32. The number of para-hydroxylation sites is 1. The van der Waals surface area contributed by atoms with Crippen LogP contribution >= 0.6 is 0 Å². The number of hydrogen-bond donors (Lipinski definition) is 1. The second kappa shape index (κ2) is 5.90. The van der Waals surface area contributed by atoms with Crippen molar-refractivity contribution in [3.05, 3.63) is 29.3 Å². The maximum atomic E-state index is 9.97. The predicted molar refractivity (Wildman–Crippen MR) is 68.7 cm³/mol. The van der Waals surface area contributed by atoms with E-state index >= 15 is 0 Å². The molecule has 0 aromatic heterocycles. The minimum Gasteiger partial charge on any atom is -0.507 e. The fraction of sp³-hybridized carbons (Fsp3) is 0.571. The molecule has 2 heteroatoms. The van der Waals surface area contributed by atoms with Crippen LogP contribution in [0.4, 0.5) is 0 Å². The molecule has 2 nitrogen and oxygen atoms in total. The molecule has 0 aliphatic carbocycles.